The average Bonchev–Trinajstić information content (AvgIpc) is 2.64. The molecule has 2 N–H and O–H groups in total. The molecular formula is C19H16N2O4. The number of benzene rings is 2. The molecule has 3 rings (SSSR count). The number of ether oxygens (including phenoxy) is 1. The summed E-state index contributed by atoms with van der Waals surface area (Å²) in [5.74, 6) is -1.20. The summed E-state index contributed by atoms with van der Waals surface area (Å²) in [5, 5.41) is 3.14. The van der Waals surface area contributed by atoms with Gasteiger partial charge in [0, 0.05) is 5.52 Å². The summed E-state index contributed by atoms with van der Waals surface area (Å²) >= 11 is 0. The molecule has 6 nitrogen and oxygen atoms in total. The fraction of sp³-hybridized carbons (Fsp3) is 0.105. The highest BCUT2D eigenvalue weighted by atomic mass is 16.5. The molecule has 0 saturated heterocycles. The molecule has 1 aromatic heterocycles. The van der Waals surface area contributed by atoms with E-state index in [4.69, 9.17) is 4.74 Å². The van der Waals surface area contributed by atoms with Crippen LogP contribution in [-0.4, -0.2) is 23.4 Å². The Morgan fingerprint density at radius 1 is 1.00 bits per heavy atom. The number of rotatable bonds is 5. The highest BCUT2D eigenvalue weighted by Gasteiger charge is 2.13. The number of esters is 1. The minimum absolute atomic E-state index is 0.0467. The van der Waals surface area contributed by atoms with E-state index in [0.29, 0.717) is 5.52 Å². The largest absolute Gasteiger partial charge is 0.460 e. The third-order valence-electron chi connectivity index (χ3n) is 3.63. The van der Waals surface area contributed by atoms with E-state index in [2.05, 4.69) is 10.3 Å². The number of carbonyl (C=O) groups excluding carboxylic acids is 2. The summed E-state index contributed by atoms with van der Waals surface area (Å²) in [4.78, 5) is 38.5. The summed E-state index contributed by atoms with van der Waals surface area (Å²) in [6, 6.07) is 17.9. The second kappa shape index (κ2) is 7.44. The van der Waals surface area contributed by atoms with Crippen LogP contribution < -0.4 is 10.9 Å². The average molecular weight is 336 g/mol. The number of amides is 1. The lowest BCUT2D eigenvalue weighted by molar-refractivity contribution is -0.143. The van der Waals surface area contributed by atoms with Crippen LogP contribution in [0.25, 0.3) is 10.9 Å². The van der Waals surface area contributed by atoms with Gasteiger partial charge in [-0.05, 0) is 23.1 Å². The molecule has 1 heterocycles. The van der Waals surface area contributed by atoms with Gasteiger partial charge in [0.1, 0.15) is 18.7 Å². The predicted molar refractivity (Wildman–Crippen MR) is 93.1 cm³/mol. The normalized spacial score (nSPS) is 10.4. The van der Waals surface area contributed by atoms with Crippen molar-refractivity contribution < 1.29 is 14.3 Å². The van der Waals surface area contributed by atoms with Crippen LogP contribution in [-0.2, 0) is 16.1 Å². The number of aromatic amines is 1. The first-order chi connectivity index (χ1) is 12.1. The van der Waals surface area contributed by atoms with Crippen LogP contribution in [0.1, 0.15) is 15.9 Å². The first kappa shape index (κ1) is 16.4. The maximum absolute atomic E-state index is 12.1. The molecule has 126 valence electrons. The minimum Gasteiger partial charge on any atom is -0.460 e. The Balaban J connectivity index is 1.60. The quantitative estimate of drug-likeness (QED) is 0.698. The Labute approximate surface area is 143 Å². The summed E-state index contributed by atoms with van der Waals surface area (Å²) in [6.45, 7) is -0.177. The first-order valence-corrected chi connectivity index (χ1v) is 7.73. The Morgan fingerprint density at radius 2 is 1.72 bits per heavy atom. The van der Waals surface area contributed by atoms with Gasteiger partial charge >= 0.3 is 5.97 Å². The molecule has 6 heteroatoms. The monoisotopic (exact) mass is 336 g/mol. The number of H-pyrrole nitrogens is 1. The standard InChI is InChI=1S/C19H16N2O4/c22-17(25-12-13-6-2-1-3-7-13)11-20-18(23)15-10-14-8-4-5-9-16(14)21-19(15)24/h1-10H,11-12H2,(H,20,23)(H,21,24). The van der Waals surface area contributed by atoms with Crippen molar-refractivity contribution in [3.8, 4) is 0 Å². The minimum atomic E-state index is -0.622. The van der Waals surface area contributed by atoms with Crippen LogP contribution in [0.5, 0.6) is 0 Å². The van der Waals surface area contributed by atoms with Crippen LogP contribution in [0.3, 0.4) is 0 Å². The number of hydrogen-bond donors (Lipinski definition) is 2. The lowest BCUT2D eigenvalue weighted by Crippen LogP contribution is -2.34. The van der Waals surface area contributed by atoms with E-state index >= 15 is 0 Å². The van der Waals surface area contributed by atoms with Crippen molar-refractivity contribution in [3.05, 3.63) is 82.1 Å². The van der Waals surface area contributed by atoms with E-state index in [-0.39, 0.29) is 18.7 Å². The second-order valence-corrected chi connectivity index (χ2v) is 5.43. The van der Waals surface area contributed by atoms with Gasteiger partial charge in [0.05, 0.1) is 0 Å². The van der Waals surface area contributed by atoms with E-state index in [9.17, 15) is 14.4 Å². The summed E-state index contributed by atoms with van der Waals surface area (Å²) in [6.07, 6.45) is 0. The Kier molecular flexibility index (Phi) is 4.89. The Morgan fingerprint density at radius 3 is 2.52 bits per heavy atom. The topological polar surface area (TPSA) is 88.3 Å². The van der Waals surface area contributed by atoms with Gasteiger partial charge in [0.2, 0.25) is 0 Å². The molecule has 0 unspecified atom stereocenters. The fourth-order valence-corrected chi connectivity index (χ4v) is 2.35. The smallest absolute Gasteiger partial charge is 0.325 e. The van der Waals surface area contributed by atoms with Gasteiger partial charge in [-0.15, -0.1) is 0 Å². The molecule has 25 heavy (non-hydrogen) atoms. The van der Waals surface area contributed by atoms with Crippen molar-refractivity contribution in [2.45, 2.75) is 6.61 Å². The van der Waals surface area contributed by atoms with Crippen LogP contribution in [0.2, 0.25) is 0 Å². The zero-order valence-corrected chi connectivity index (χ0v) is 13.3. The highest BCUT2D eigenvalue weighted by Crippen LogP contribution is 2.09. The molecule has 0 radical (unpaired) electrons. The molecule has 0 saturated carbocycles. The van der Waals surface area contributed by atoms with Crippen LogP contribution in [0, 0.1) is 0 Å². The maximum atomic E-state index is 12.1. The number of para-hydroxylation sites is 1. The van der Waals surface area contributed by atoms with Crippen molar-refractivity contribution in [2.24, 2.45) is 0 Å². The molecule has 0 spiro atoms. The van der Waals surface area contributed by atoms with E-state index in [1.54, 1.807) is 18.2 Å². The molecule has 2 aromatic carbocycles. The van der Waals surface area contributed by atoms with Gasteiger partial charge in [0.15, 0.2) is 0 Å². The summed E-state index contributed by atoms with van der Waals surface area (Å²) in [5.41, 5.74) is 0.947. The van der Waals surface area contributed by atoms with Gasteiger partial charge < -0.3 is 15.0 Å². The second-order valence-electron chi connectivity index (χ2n) is 5.43. The molecule has 1 amide bonds. The number of hydrogen-bond acceptors (Lipinski definition) is 4. The van der Waals surface area contributed by atoms with Gasteiger partial charge in [0.25, 0.3) is 11.5 Å². The van der Waals surface area contributed by atoms with E-state index in [0.717, 1.165) is 10.9 Å². The first-order valence-electron chi connectivity index (χ1n) is 7.73. The Hall–Kier alpha value is -3.41. The zero-order chi connectivity index (χ0) is 17.6. The number of nitrogens with one attached hydrogen (secondary N) is 2. The van der Waals surface area contributed by atoms with Crippen molar-refractivity contribution >= 4 is 22.8 Å². The summed E-state index contributed by atoms with van der Waals surface area (Å²) in [7, 11) is 0. The van der Waals surface area contributed by atoms with E-state index < -0.39 is 17.4 Å². The number of carbonyl (C=O) groups is 2. The molecule has 0 aliphatic rings. The van der Waals surface area contributed by atoms with E-state index in [1.165, 1.54) is 6.07 Å². The number of fused-ring (bicyclic) bond motifs is 1. The molecule has 0 fully saturated rings. The molecule has 0 aliphatic carbocycles. The Bertz CT molecular complexity index is 964. The van der Waals surface area contributed by atoms with E-state index in [1.807, 2.05) is 36.4 Å². The fourth-order valence-electron chi connectivity index (χ4n) is 2.35. The van der Waals surface area contributed by atoms with Gasteiger partial charge in [-0.3, -0.25) is 14.4 Å². The molecule has 0 aliphatic heterocycles. The molecule has 0 bridgehead atoms. The lowest BCUT2D eigenvalue weighted by atomic mass is 10.1. The highest BCUT2D eigenvalue weighted by molar-refractivity contribution is 5.98. The number of aromatic nitrogens is 1. The van der Waals surface area contributed by atoms with Crippen LogP contribution in [0.15, 0.2) is 65.5 Å². The van der Waals surface area contributed by atoms with Crippen molar-refractivity contribution in [1.82, 2.24) is 10.3 Å². The molecule has 3 aromatic rings. The van der Waals surface area contributed by atoms with Crippen LogP contribution in [0.4, 0.5) is 0 Å². The van der Waals surface area contributed by atoms with Crippen molar-refractivity contribution in [1.29, 1.82) is 0 Å². The molecule has 0 atom stereocenters. The number of pyridine rings is 1. The van der Waals surface area contributed by atoms with Crippen molar-refractivity contribution in [3.63, 3.8) is 0 Å². The maximum Gasteiger partial charge on any atom is 0.325 e. The zero-order valence-electron chi connectivity index (χ0n) is 13.3. The van der Waals surface area contributed by atoms with Crippen molar-refractivity contribution in [2.75, 3.05) is 6.54 Å². The third kappa shape index (κ3) is 4.11. The predicted octanol–water partition coefficient (Wildman–Crippen LogP) is 2.00. The van der Waals surface area contributed by atoms with Gasteiger partial charge in [-0.2, -0.15) is 0 Å². The van der Waals surface area contributed by atoms with Gasteiger partial charge in [-0.1, -0.05) is 48.5 Å². The van der Waals surface area contributed by atoms with Gasteiger partial charge in [-0.25, -0.2) is 0 Å². The summed E-state index contributed by atoms with van der Waals surface area (Å²) < 4.78 is 5.08. The third-order valence-corrected chi connectivity index (χ3v) is 3.63. The lowest BCUT2D eigenvalue weighted by Gasteiger charge is -2.07. The van der Waals surface area contributed by atoms with Crippen LogP contribution >= 0.6 is 0 Å². The molecular weight excluding hydrogens is 320 g/mol. The SMILES string of the molecule is O=C(CNC(=O)c1cc2ccccc2[nH]c1=O)OCc1ccccc1.